The van der Waals surface area contributed by atoms with E-state index in [9.17, 15) is 19.2 Å². The molecular weight excluding hydrogens is 500 g/mol. The van der Waals surface area contributed by atoms with E-state index in [4.69, 9.17) is 20.9 Å². The summed E-state index contributed by atoms with van der Waals surface area (Å²) in [6, 6.07) is 0. The zero-order valence-electron chi connectivity index (χ0n) is 22.7. The Bertz CT molecular complexity index is 623. The van der Waals surface area contributed by atoms with Crippen LogP contribution in [0.4, 0.5) is 0 Å². The summed E-state index contributed by atoms with van der Waals surface area (Å²) in [5.41, 5.74) is 9.12. The highest BCUT2D eigenvalue weighted by Crippen LogP contribution is 2.29. The van der Waals surface area contributed by atoms with E-state index in [-0.39, 0.29) is 37.2 Å². The van der Waals surface area contributed by atoms with Gasteiger partial charge < -0.3 is 20.9 Å². The lowest BCUT2D eigenvalue weighted by molar-refractivity contribution is -0.153. The number of rotatable bonds is 23. The molecule has 0 aromatic rings. The van der Waals surface area contributed by atoms with Gasteiger partial charge in [-0.1, -0.05) is 86.8 Å². The van der Waals surface area contributed by atoms with Crippen molar-refractivity contribution in [3.8, 4) is 0 Å². The summed E-state index contributed by atoms with van der Waals surface area (Å²) in [4.78, 5) is 50.1. The first-order valence-corrected chi connectivity index (χ1v) is 15.7. The first-order chi connectivity index (χ1) is 17.1. The van der Waals surface area contributed by atoms with Gasteiger partial charge in [-0.2, -0.15) is 0 Å². The Labute approximate surface area is 225 Å². The number of ether oxygens (including phenoxy) is 2. The maximum Gasteiger partial charge on any atom is 0.333 e. The first-order valence-electron chi connectivity index (χ1n) is 13.2. The van der Waals surface area contributed by atoms with Crippen molar-refractivity contribution in [2.75, 3.05) is 25.7 Å². The summed E-state index contributed by atoms with van der Waals surface area (Å²) in [6.45, 7) is 4.25. The highest BCUT2D eigenvalue weighted by Gasteiger charge is 2.43. The molecule has 210 valence electrons. The number of carbonyl (C=O) groups excluding carboxylic acids is 4. The van der Waals surface area contributed by atoms with Crippen LogP contribution in [0.25, 0.3) is 0 Å². The monoisotopic (exact) mass is 548 g/mol. The molecule has 8 nitrogen and oxygen atoms in total. The molecule has 0 aliphatic rings. The number of unbranched alkanes of at least 4 members (excludes halogenated alkanes) is 8. The van der Waals surface area contributed by atoms with E-state index < -0.39 is 23.0 Å². The molecule has 0 aromatic heterocycles. The molecule has 2 atom stereocenters. The van der Waals surface area contributed by atoms with E-state index in [0.717, 1.165) is 51.4 Å². The van der Waals surface area contributed by atoms with Crippen molar-refractivity contribution in [1.29, 1.82) is 0 Å². The fourth-order valence-corrected chi connectivity index (χ4v) is 6.08. The zero-order chi connectivity index (χ0) is 27.5. The molecule has 0 saturated heterocycles. The highest BCUT2D eigenvalue weighted by molar-refractivity contribution is 8.76. The quantitative estimate of drug-likeness (QED) is 0.0796. The van der Waals surface area contributed by atoms with E-state index in [1.165, 1.54) is 35.8 Å². The molecule has 0 rings (SSSR count). The summed E-state index contributed by atoms with van der Waals surface area (Å²) in [6.07, 6.45) is 10.7. The van der Waals surface area contributed by atoms with Gasteiger partial charge in [-0.3, -0.25) is 9.59 Å². The first kappa shape index (κ1) is 34.9. The standard InChI is InChI=1S/C26H48N2O6S2/c1-5-7-9-11-13-15-21(29)25(27,23(31)33-3)17-19-35-36-20-18-26(28,24(32)34-4)22(30)16-14-12-10-8-6-2/h5-20,27-28H2,1-4H3/t25-,26-/m1/s1. The number of ketones is 2. The van der Waals surface area contributed by atoms with Gasteiger partial charge in [0.2, 0.25) is 0 Å². The van der Waals surface area contributed by atoms with Gasteiger partial charge in [-0.15, -0.1) is 0 Å². The van der Waals surface area contributed by atoms with Crippen molar-refractivity contribution in [1.82, 2.24) is 0 Å². The van der Waals surface area contributed by atoms with Crippen LogP contribution in [0, 0.1) is 0 Å². The van der Waals surface area contributed by atoms with Crippen LogP contribution in [0.3, 0.4) is 0 Å². The lowest BCUT2D eigenvalue weighted by Gasteiger charge is -2.26. The number of carbonyl (C=O) groups is 4. The molecule has 0 saturated carbocycles. The van der Waals surface area contributed by atoms with Crippen LogP contribution < -0.4 is 11.5 Å². The van der Waals surface area contributed by atoms with Gasteiger partial charge in [0, 0.05) is 24.3 Å². The normalized spacial score (nSPS) is 14.5. The van der Waals surface area contributed by atoms with Crippen LogP contribution in [0.5, 0.6) is 0 Å². The molecule has 0 amide bonds. The Hall–Kier alpha value is -1.10. The Morgan fingerprint density at radius 1 is 0.611 bits per heavy atom. The van der Waals surface area contributed by atoms with Crippen LogP contribution in [0.15, 0.2) is 0 Å². The van der Waals surface area contributed by atoms with E-state index in [1.54, 1.807) is 0 Å². The van der Waals surface area contributed by atoms with Gasteiger partial charge in [0.05, 0.1) is 14.2 Å². The molecule has 0 aliphatic carbocycles. The third-order valence-corrected chi connectivity index (χ3v) is 8.76. The molecule has 0 heterocycles. The lowest BCUT2D eigenvalue weighted by Crippen LogP contribution is -2.56. The second-order valence-electron chi connectivity index (χ2n) is 9.24. The molecule has 10 heteroatoms. The topological polar surface area (TPSA) is 139 Å². The lowest BCUT2D eigenvalue weighted by atomic mass is 9.88. The van der Waals surface area contributed by atoms with E-state index in [1.807, 2.05) is 0 Å². The fraction of sp³-hybridized carbons (Fsp3) is 0.846. The number of esters is 2. The average molecular weight is 549 g/mol. The zero-order valence-corrected chi connectivity index (χ0v) is 24.4. The summed E-state index contributed by atoms with van der Waals surface area (Å²) >= 11 is 0. The number of Topliss-reactive ketones (excluding diaryl/α,β-unsaturated/α-hetero) is 2. The summed E-state index contributed by atoms with van der Waals surface area (Å²) in [7, 11) is 5.30. The number of hydrogen-bond acceptors (Lipinski definition) is 10. The number of nitrogens with two attached hydrogens (primary N) is 2. The number of methoxy groups -OCH3 is 2. The predicted molar refractivity (Wildman–Crippen MR) is 149 cm³/mol. The summed E-state index contributed by atoms with van der Waals surface area (Å²) in [5.74, 6) is -1.18. The predicted octanol–water partition coefficient (Wildman–Crippen LogP) is 4.75. The molecule has 4 N–H and O–H groups in total. The average Bonchev–Trinajstić information content (AvgIpc) is 2.88. The SMILES string of the molecule is CCCCCCCC(=O)[C@](N)(CCSSCC[C@@](N)(C(=O)CCCCCCC)C(=O)OC)C(=O)OC. The Morgan fingerprint density at radius 2 is 0.944 bits per heavy atom. The van der Waals surface area contributed by atoms with Crippen molar-refractivity contribution < 1.29 is 28.7 Å². The molecule has 0 aliphatic heterocycles. The molecule has 0 unspecified atom stereocenters. The van der Waals surface area contributed by atoms with Crippen molar-refractivity contribution in [3.05, 3.63) is 0 Å². The van der Waals surface area contributed by atoms with E-state index in [2.05, 4.69) is 13.8 Å². The molecule has 0 aromatic carbocycles. The van der Waals surface area contributed by atoms with Crippen LogP contribution >= 0.6 is 21.6 Å². The van der Waals surface area contributed by atoms with Gasteiger partial charge in [-0.05, 0) is 25.7 Å². The smallest absolute Gasteiger partial charge is 0.333 e. The van der Waals surface area contributed by atoms with Gasteiger partial charge >= 0.3 is 11.9 Å². The van der Waals surface area contributed by atoms with Crippen molar-refractivity contribution in [2.24, 2.45) is 11.5 Å². The summed E-state index contributed by atoms with van der Waals surface area (Å²) < 4.78 is 9.63. The Kier molecular flexibility index (Phi) is 19.3. The van der Waals surface area contributed by atoms with Crippen molar-refractivity contribution in [2.45, 2.75) is 115 Å². The molecule has 0 fully saturated rings. The van der Waals surface area contributed by atoms with Crippen molar-refractivity contribution in [3.63, 3.8) is 0 Å². The van der Waals surface area contributed by atoms with Crippen molar-refractivity contribution >= 4 is 45.1 Å². The highest BCUT2D eigenvalue weighted by atomic mass is 33.1. The van der Waals surface area contributed by atoms with Crippen LogP contribution in [0.2, 0.25) is 0 Å². The minimum atomic E-state index is -1.66. The van der Waals surface area contributed by atoms with Gasteiger partial charge in [0.25, 0.3) is 0 Å². The molecular formula is C26H48N2O6S2. The third kappa shape index (κ3) is 12.4. The number of hydrogen-bond donors (Lipinski definition) is 2. The van der Waals surface area contributed by atoms with Crippen LogP contribution in [0.1, 0.15) is 104 Å². The van der Waals surface area contributed by atoms with Gasteiger partial charge in [0.1, 0.15) is 0 Å². The largest absolute Gasteiger partial charge is 0.467 e. The van der Waals surface area contributed by atoms with Crippen LogP contribution in [-0.4, -0.2) is 60.3 Å². The molecule has 0 spiro atoms. The maximum absolute atomic E-state index is 12.7. The molecule has 0 bridgehead atoms. The second kappa shape index (κ2) is 19.9. The second-order valence-corrected chi connectivity index (χ2v) is 11.9. The van der Waals surface area contributed by atoms with Crippen LogP contribution in [-0.2, 0) is 28.7 Å². The minimum Gasteiger partial charge on any atom is -0.467 e. The maximum atomic E-state index is 12.7. The molecule has 36 heavy (non-hydrogen) atoms. The fourth-order valence-electron chi connectivity index (χ4n) is 3.82. The Morgan fingerprint density at radius 3 is 1.25 bits per heavy atom. The van der Waals surface area contributed by atoms with Gasteiger partial charge in [-0.25, -0.2) is 9.59 Å². The van der Waals surface area contributed by atoms with E-state index in [0.29, 0.717) is 24.3 Å². The minimum absolute atomic E-state index is 0.145. The van der Waals surface area contributed by atoms with Gasteiger partial charge in [0.15, 0.2) is 22.6 Å². The van der Waals surface area contributed by atoms with E-state index >= 15 is 0 Å². The summed E-state index contributed by atoms with van der Waals surface area (Å²) in [5, 5.41) is 0. The Balaban J connectivity index is 4.69. The third-order valence-electron chi connectivity index (χ3n) is 6.35. The molecule has 0 radical (unpaired) electrons.